The third kappa shape index (κ3) is 2.39. The van der Waals surface area contributed by atoms with Gasteiger partial charge in [-0.25, -0.2) is 4.39 Å². The van der Waals surface area contributed by atoms with E-state index in [9.17, 15) is 4.39 Å². The molecule has 16 heavy (non-hydrogen) atoms. The van der Waals surface area contributed by atoms with Crippen LogP contribution >= 0.6 is 0 Å². The summed E-state index contributed by atoms with van der Waals surface area (Å²) < 4.78 is 12.9. The summed E-state index contributed by atoms with van der Waals surface area (Å²) in [6.45, 7) is 1.96. The first-order valence-corrected chi connectivity index (χ1v) is 5.20. The molecule has 0 unspecified atom stereocenters. The molecule has 3 nitrogen and oxygen atoms in total. The third-order valence-corrected chi connectivity index (χ3v) is 2.49. The second kappa shape index (κ2) is 4.35. The molecule has 1 aromatic carbocycles. The highest BCUT2D eigenvalue weighted by Gasteiger charge is 2.02. The number of anilines is 1. The summed E-state index contributed by atoms with van der Waals surface area (Å²) in [5.74, 6) is -0.362. The van der Waals surface area contributed by atoms with Crippen molar-refractivity contribution in [3.63, 3.8) is 0 Å². The van der Waals surface area contributed by atoms with Gasteiger partial charge in [0.15, 0.2) is 0 Å². The van der Waals surface area contributed by atoms with E-state index in [1.54, 1.807) is 12.1 Å². The lowest BCUT2D eigenvalue weighted by Crippen LogP contribution is -1.96. The van der Waals surface area contributed by atoms with Crippen LogP contribution in [0.3, 0.4) is 0 Å². The third-order valence-electron chi connectivity index (χ3n) is 2.49. The van der Waals surface area contributed by atoms with Gasteiger partial charge in [-0.2, -0.15) is 5.10 Å². The van der Waals surface area contributed by atoms with Gasteiger partial charge in [0.2, 0.25) is 0 Å². The zero-order valence-electron chi connectivity index (χ0n) is 9.13. The fourth-order valence-electron chi connectivity index (χ4n) is 1.62. The van der Waals surface area contributed by atoms with E-state index in [0.29, 0.717) is 0 Å². The van der Waals surface area contributed by atoms with Gasteiger partial charge >= 0.3 is 0 Å². The maximum Gasteiger partial charge on any atom is 0.146 e. The number of nitrogens with one attached hydrogen (secondary N) is 1. The number of nitrogen functional groups attached to an aromatic ring is 1. The number of nitrogens with zero attached hydrogens (tertiary/aromatic N) is 1. The van der Waals surface area contributed by atoms with E-state index in [2.05, 4.69) is 10.2 Å². The van der Waals surface area contributed by atoms with Gasteiger partial charge in [-0.3, -0.25) is 5.10 Å². The predicted molar refractivity (Wildman–Crippen MR) is 61.5 cm³/mol. The minimum Gasteiger partial charge on any atom is -0.396 e. The molecule has 1 aromatic heterocycles. The van der Waals surface area contributed by atoms with E-state index in [0.717, 1.165) is 29.8 Å². The Morgan fingerprint density at radius 1 is 1.31 bits per heavy atom. The molecule has 0 fully saturated rings. The van der Waals surface area contributed by atoms with Gasteiger partial charge in [-0.1, -0.05) is 6.07 Å². The molecule has 0 aliphatic rings. The number of aromatic nitrogens is 2. The maximum absolute atomic E-state index is 12.9. The van der Waals surface area contributed by atoms with Gasteiger partial charge in [0.05, 0.1) is 11.4 Å². The van der Waals surface area contributed by atoms with Crippen LogP contribution in [0.4, 0.5) is 10.1 Å². The quantitative estimate of drug-likeness (QED) is 0.778. The standard InChI is InChI=1S/C12H14FN3/c1-8-6-10(16-15-8)4-2-9-3-5-11(13)12(14)7-9/h3,5-7H,2,4,14H2,1H3,(H,15,16). The van der Waals surface area contributed by atoms with Gasteiger partial charge < -0.3 is 5.73 Å². The van der Waals surface area contributed by atoms with Gasteiger partial charge in [0.25, 0.3) is 0 Å². The van der Waals surface area contributed by atoms with Crippen molar-refractivity contribution in [1.29, 1.82) is 0 Å². The first kappa shape index (κ1) is 10.7. The highest BCUT2D eigenvalue weighted by Crippen LogP contribution is 2.14. The largest absolute Gasteiger partial charge is 0.396 e. The number of hydrogen-bond donors (Lipinski definition) is 2. The van der Waals surface area contributed by atoms with Crippen LogP contribution in [0.1, 0.15) is 17.0 Å². The summed E-state index contributed by atoms with van der Waals surface area (Å²) >= 11 is 0. The second-order valence-corrected chi connectivity index (χ2v) is 3.90. The van der Waals surface area contributed by atoms with Crippen LogP contribution in [-0.4, -0.2) is 10.2 Å². The van der Waals surface area contributed by atoms with Crippen molar-refractivity contribution >= 4 is 5.69 Å². The maximum atomic E-state index is 12.9. The summed E-state index contributed by atoms with van der Waals surface area (Å²) in [6, 6.07) is 6.84. The minimum atomic E-state index is -0.362. The van der Waals surface area contributed by atoms with E-state index in [1.807, 2.05) is 13.0 Å². The Labute approximate surface area is 93.5 Å². The topological polar surface area (TPSA) is 54.7 Å². The number of rotatable bonds is 3. The fraction of sp³-hybridized carbons (Fsp3) is 0.250. The predicted octanol–water partition coefficient (Wildman–Crippen LogP) is 2.22. The van der Waals surface area contributed by atoms with Crippen molar-refractivity contribution in [2.75, 3.05) is 5.73 Å². The molecule has 2 aromatic rings. The van der Waals surface area contributed by atoms with E-state index in [4.69, 9.17) is 5.73 Å². The average molecular weight is 219 g/mol. The van der Waals surface area contributed by atoms with Gasteiger partial charge in [0, 0.05) is 5.69 Å². The monoisotopic (exact) mass is 219 g/mol. The van der Waals surface area contributed by atoms with Gasteiger partial charge in [0.1, 0.15) is 5.82 Å². The van der Waals surface area contributed by atoms with E-state index >= 15 is 0 Å². The van der Waals surface area contributed by atoms with Crippen molar-refractivity contribution in [2.24, 2.45) is 0 Å². The summed E-state index contributed by atoms with van der Waals surface area (Å²) in [5, 5.41) is 7.03. The zero-order valence-corrected chi connectivity index (χ0v) is 9.13. The Kier molecular flexibility index (Phi) is 2.90. The highest BCUT2D eigenvalue weighted by molar-refractivity contribution is 5.42. The Balaban J connectivity index is 2.02. The molecule has 1 heterocycles. The normalized spacial score (nSPS) is 10.6. The molecule has 0 radical (unpaired) electrons. The molecule has 3 N–H and O–H groups in total. The minimum absolute atomic E-state index is 0.204. The first-order chi connectivity index (χ1) is 7.65. The number of hydrogen-bond acceptors (Lipinski definition) is 2. The molecule has 84 valence electrons. The lowest BCUT2D eigenvalue weighted by Gasteiger charge is -2.01. The number of benzene rings is 1. The van der Waals surface area contributed by atoms with Crippen molar-refractivity contribution in [3.8, 4) is 0 Å². The number of aryl methyl sites for hydroxylation is 3. The number of nitrogens with two attached hydrogens (primary N) is 1. The molecule has 0 atom stereocenters. The number of aromatic amines is 1. The zero-order chi connectivity index (χ0) is 11.5. The molecule has 0 amide bonds. The number of halogens is 1. The van der Waals surface area contributed by atoms with E-state index in [-0.39, 0.29) is 11.5 Å². The lowest BCUT2D eigenvalue weighted by atomic mass is 10.1. The van der Waals surface area contributed by atoms with Crippen molar-refractivity contribution < 1.29 is 4.39 Å². The average Bonchev–Trinajstić information content (AvgIpc) is 2.66. The van der Waals surface area contributed by atoms with Crippen LogP contribution in [0, 0.1) is 12.7 Å². The lowest BCUT2D eigenvalue weighted by molar-refractivity contribution is 0.631. The fourth-order valence-corrected chi connectivity index (χ4v) is 1.62. The molecule has 0 aliphatic carbocycles. The van der Waals surface area contributed by atoms with E-state index in [1.165, 1.54) is 6.07 Å². The van der Waals surface area contributed by atoms with Crippen LogP contribution in [-0.2, 0) is 12.8 Å². The molecule has 0 saturated carbocycles. The van der Waals surface area contributed by atoms with Gasteiger partial charge in [-0.15, -0.1) is 0 Å². The Hall–Kier alpha value is -1.84. The Morgan fingerprint density at radius 3 is 2.75 bits per heavy atom. The van der Waals surface area contributed by atoms with Crippen LogP contribution in [0.2, 0.25) is 0 Å². The molecule has 0 saturated heterocycles. The molecule has 4 heteroatoms. The van der Waals surface area contributed by atoms with Crippen molar-refractivity contribution in [3.05, 3.63) is 47.0 Å². The summed E-state index contributed by atoms with van der Waals surface area (Å²) in [5.41, 5.74) is 8.79. The van der Waals surface area contributed by atoms with Crippen LogP contribution in [0.15, 0.2) is 24.3 Å². The van der Waals surface area contributed by atoms with E-state index < -0.39 is 0 Å². The Morgan fingerprint density at radius 2 is 2.12 bits per heavy atom. The van der Waals surface area contributed by atoms with Crippen LogP contribution in [0.25, 0.3) is 0 Å². The summed E-state index contributed by atoms with van der Waals surface area (Å²) in [7, 11) is 0. The highest BCUT2D eigenvalue weighted by atomic mass is 19.1. The van der Waals surface area contributed by atoms with Crippen molar-refractivity contribution in [2.45, 2.75) is 19.8 Å². The molecule has 0 aliphatic heterocycles. The summed E-state index contributed by atoms with van der Waals surface area (Å²) in [6.07, 6.45) is 1.64. The van der Waals surface area contributed by atoms with Gasteiger partial charge in [-0.05, 0) is 43.5 Å². The molecule has 0 spiro atoms. The molecule has 0 bridgehead atoms. The Bertz CT molecular complexity index is 491. The number of H-pyrrole nitrogens is 1. The first-order valence-electron chi connectivity index (χ1n) is 5.20. The molecule has 2 rings (SSSR count). The summed E-state index contributed by atoms with van der Waals surface area (Å²) in [4.78, 5) is 0. The molecular weight excluding hydrogens is 205 g/mol. The van der Waals surface area contributed by atoms with Crippen LogP contribution in [0.5, 0.6) is 0 Å². The van der Waals surface area contributed by atoms with Crippen LogP contribution < -0.4 is 5.73 Å². The smallest absolute Gasteiger partial charge is 0.146 e. The second-order valence-electron chi connectivity index (χ2n) is 3.90. The SMILES string of the molecule is Cc1cc(CCc2ccc(F)c(N)c2)n[nH]1. The molecular formula is C12H14FN3. The van der Waals surface area contributed by atoms with Crippen molar-refractivity contribution in [1.82, 2.24) is 10.2 Å².